The van der Waals surface area contributed by atoms with Crippen LogP contribution in [-0.4, -0.2) is 46.9 Å². The molecule has 6 nitrogen and oxygen atoms in total. The molecule has 0 bridgehead atoms. The van der Waals surface area contributed by atoms with Crippen molar-refractivity contribution in [1.82, 2.24) is 10.2 Å². The second-order valence-corrected chi connectivity index (χ2v) is 6.07. The molecular weight excluding hydrogens is 296 g/mol. The van der Waals surface area contributed by atoms with Crippen LogP contribution in [0.5, 0.6) is 0 Å². The van der Waals surface area contributed by atoms with Crippen LogP contribution in [0.4, 0.5) is 0 Å². The van der Waals surface area contributed by atoms with Crippen LogP contribution in [0.2, 0.25) is 0 Å². The molecular formula is C17H22N2O4. The summed E-state index contributed by atoms with van der Waals surface area (Å²) in [6.45, 7) is 4.88. The van der Waals surface area contributed by atoms with E-state index in [1.165, 1.54) is 12.1 Å². The summed E-state index contributed by atoms with van der Waals surface area (Å²) in [4.78, 5) is 36.9. The molecule has 1 fully saturated rings. The van der Waals surface area contributed by atoms with Gasteiger partial charge in [-0.1, -0.05) is 26.0 Å². The lowest BCUT2D eigenvalue weighted by molar-refractivity contribution is -0.145. The molecule has 23 heavy (non-hydrogen) atoms. The van der Waals surface area contributed by atoms with Gasteiger partial charge >= 0.3 is 5.97 Å². The molecule has 1 aromatic rings. The second kappa shape index (κ2) is 7.26. The number of nitrogens with one attached hydrogen (secondary N) is 1. The lowest BCUT2D eigenvalue weighted by atomic mass is 9.98. The van der Waals surface area contributed by atoms with Gasteiger partial charge in [0.2, 0.25) is 11.8 Å². The Labute approximate surface area is 135 Å². The van der Waals surface area contributed by atoms with E-state index in [1.54, 1.807) is 17.0 Å². The molecule has 6 heteroatoms. The van der Waals surface area contributed by atoms with Crippen molar-refractivity contribution in [3.63, 3.8) is 0 Å². The van der Waals surface area contributed by atoms with E-state index >= 15 is 0 Å². The minimum Gasteiger partial charge on any atom is -0.478 e. The Morgan fingerprint density at radius 3 is 2.52 bits per heavy atom. The molecule has 1 heterocycles. The van der Waals surface area contributed by atoms with Crippen LogP contribution in [0.3, 0.4) is 0 Å². The molecule has 0 unspecified atom stereocenters. The van der Waals surface area contributed by atoms with Crippen molar-refractivity contribution in [3.8, 4) is 0 Å². The zero-order chi connectivity index (χ0) is 17.0. The Morgan fingerprint density at radius 1 is 1.30 bits per heavy atom. The number of carbonyl (C=O) groups is 3. The molecule has 1 aromatic carbocycles. The molecule has 2 amide bonds. The first-order valence-electron chi connectivity index (χ1n) is 7.79. The number of rotatable bonds is 5. The van der Waals surface area contributed by atoms with Crippen LogP contribution in [0, 0.1) is 5.92 Å². The maximum atomic E-state index is 12.5. The highest BCUT2D eigenvalue weighted by molar-refractivity contribution is 5.89. The molecule has 0 radical (unpaired) electrons. The average Bonchev–Trinajstić information content (AvgIpc) is 2.52. The van der Waals surface area contributed by atoms with Crippen LogP contribution >= 0.6 is 0 Å². The van der Waals surface area contributed by atoms with Gasteiger partial charge in [0, 0.05) is 19.5 Å². The number of carbonyl (C=O) groups excluding carboxylic acids is 2. The van der Waals surface area contributed by atoms with E-state index in [0.29, 0.717) is 25.9 Å². The van der Waals surface area contributed by atoms with Gasteiger partial charge in [0.15, 0.2) is 0 Å². The third kappa shape index (κ3) is 4.09. The highest BCUT2D eigenvalue weighted by atomic mass is 16.4. The van der Waals surface area contributed by atoms with Gasteiger partial charge in [-0.25, -0.2) is 4.79 Å². The SMILES string of the molecule is CC(C)[C@H]1C(=O)NCCN1C(=O)CCc1ccc(C(=O)O)cc1. The van der Waals surface area contributed by atoms with Gasteiger partial charge in [0.05, 0.1) is 5.56 Å². The minimum absolute atomic E-state index is 0.0409. The Bertz CT molecular complexity index is 595. The molecule has 1 saturated heterocycles. The lowest BCUT2D eigenvalue weighted by Crippen LogP contribution is -2.59. The Kier molecular flexibility index (Phi) is 5.36. The fourth-order valence-electron chi connectivity index (χ4n) is 2.84. The predicted octanol–water partition coefficient (Wildman–Crippen LogP) is 1.30. The van der Waals surface area contributed by atoms with Gasteiger partial charge in [-0.15, -0.1) is 0 Å². The van der Waals surface area contributed by atoms with E-state index in [9.17, 15) is 14.4 Å². The van der Waals surface area contributed by atoms with Crippen LogP contribution < -0.4 is 5.32 Å². The number of nitrogens with zero attached hydrogens (tertiary/aromatic N) is 1. The quantitative estimate of drug-likeness (QED) is 0.857. The van der Waals surface area contributed by atoms with Gasteiger partial charge < -0.3 is 15.3 Å². The van der Waals surface area contributed by atoms with Crippen LogP contribution in [0.25, 0.3) is 0 Å². The largest absolute Gasteiger partial charge is 0.478 e. The second-order valence-electron chi connectivity index (χ2n) is 6.07. The molecule has 0 aliphatic carbocycles. The molecule has 0 aromatic heterocycles. The molecule has 2 rings (SSSR count). The standard InChI is InChI=1S/C17H22N2O4/c1-11(2)15-16(21)18-9-10-19(15)14(20)8-5-12-3-6-13(7-4-12)17(22)23/h3-4,6-7,11,15H,5,8-10H2,1-2H3,(H,18,21)(H,22,23)/t15-/m0/s1. The van der Waals surface area contributed by atoms with Crippen LogP contribution in [-0.2, 0) is 16.0 Å². The fraction of sp³-hybridized carbons (Fsp3) is 0.471. The maximum absolute atomic E-state index is 12.5. The van der Waals surface area contributed by atoms with E-state index in [0.717, 1.165) is 5.56 Å². The molecule has 1 aliphatic rings. The topological polar surface area (TPSA) is 86.7 Å². The summed E-state index contributed by atoms with van der Waals surface area (Å²) in [6.07, 6.45) is 0.838. The summed E-state index contributed by atoms with van der Waals surface area (Å²) < 4.78 is 0. The minimum atomic E-state index is -0.966. The maximum Gasteiger partial charge on any atom is 0.335 e. The van der Waals surface area contributed by atoms with Gasteiger partial charge in [-0.3, -0.25) is 9.59 Å². The fourth-order valence-corrected chi connectivity index (χ4v) is 2.84. The normalized spacial score (nSPS) is 18.0. The molecule has 1 aliphatic heterocycles. The third-order valence-electron chi connectivity index (χ3n) is 4.04. The van der Waals surface area contributed by atoms with Crippen molar-refractivity contribution in [3.05, 3.63) is 35.4 Å². The number of carboxylic acid groups (broad SMARTS) is 1. The number of piperazine rings is 1. The summed E-state index contributed by atoms with van der Waals surface area (Å²) in [5.74, 6) is -1.04. The molecule has 1 atom stereocenters. The van der Waals surface area contributed by atoms with E-state index in [1.807, 2.05) is 13.8 Å². The summed E-state index contributed by atoms with van der Waals surface area (Å²) in [5, 5.41) is 11.7. The third-order valence-corrected chi connectivity index (χ3v) is 4.04. The van der Waals surface area contributed by atoms with E-state index in [-0.39, 0.29) is 23.3 Å². The number of hydrogen-bond acceptors (Lipinski definition) is 3. The molecule has 0 spiro atoms. The zero-order valence-corrected chi connectivity index (χ0v) is 13.4. The van der Waals surface area contributed by atoms with Crippen molar-refractivity contribution in [2.24, 2.45) is 5.92 Å². The number of aryl methyl sites for hydroxylation is 1. The number of hydrogen-bond donors (Lipinski definition) is 2. The first-order valence-corrected chi connectivity index (χ1v) is 7.79. The Hall–Kier alpha value is -2.37. The molecule has 2 N–H and O–H groups in total. The Balaban J connectivity index is 1.98. The van der Waals surface area contributed by atoms with Crippen molar-refractivity contribution in [2.75, 3.05) is 13.1 Å². The summed E-state index contributed by atoms with van der Waals surface area (Å²) in [5.41, 5.74) is 1.14. The Morgan fingerprint density at radius 2 is 1.96 bits per heavy atom. The lowest BCUT2D eigenvalue weighted by Gasteiger charge is -2.37. The van der Waals surface area contributed by atoms with Gasteiger partial charge in [-0.05, 0) is 30.0 Å². The van der Waals surface area contributed by atoms with Crippen molar-refractivity contribution in [1.29, 1.82) is 0 Å². The summed E-state index contributed by atoms with van der Waals surface area (Å²) >= 11 is 0. The zero-order valence-electron chi connectivity index (χ0n) is 13.4. The van der Waals surface area contributed by atoms with Gasteiger partial charge in [0.1, 0.15) is 6.04 Å². The first kappa shape index (κ1) is 17.0. The highest BCUT2D eigenvalue weighted by Gasteiger charge is 2.34. The smallest absolute Gasteiger partial charge is 0.335 e. The number of benzene rings is 1. The van der Waals surface area contributed by atoms with Crippen molar-refractivity contribution in [2.45, 2.75) is 32.7 Å². The molecule has 0 saturated carbocycles. The average molecular weight is 318 g/mol. The first-order chi connectivity index (χ1) is 10.9. The summed E-state index contributed by atoms with van der Waals surface area (Å²) in [6, 6.07) is 6.10. The van der Waals surface area contributed by atoms with Gasteiger partial charge in [-0.2, -0.15) is 0 Å². The molecule has 124 valence electrons. The highest BCUT2D eigenvalue weighted by Crippen LogP contribution is 2.16. The predicted molar refractivity (Wildman–Crippen MR) is 85.1 cm³/mol. The van der Waals surface area contributed by atoms with E-state index < -0.39 is 12.0 Å². The van der Waals surface area contributed by atoms with Crippen LogP contribution in [0.1, 0.15) is 36.2 Å². The number of amides is 2. The monoisotopic (exact) mass is 318 g/mol. The van der Waals surface area contributed by atoms with Gasteiger partial charge in [0.25, 0.3) is 0 Å². The van der Waals surface area contributed by atoms with Crippen molar-refractivity contribution < 1.29 is 19.5 Å². The van der Waals surface area contributed by atoms with Crippen LogP contribution in [0.15, 0.2) is 24.3 Å². The van der Waals surface area contributed by atoms with Crippen molar-refractivity contribution >= 4 is 17.8 Å². The van der Waals surface area contributed by atoms with E-state index in [4.69, 9.17) is 5.11 Å². The number of aromatic carboxylic acids is 1. The summed E-state index contributed by atoms with van der Waals surface area (Å²) in [7, 11) is 0. The van der Waals surface area contributed by atoms with E-state index in [2.05, 4.69) is 5.32 Å². The number of carboxylic acids is 1.